The molecular formula is C6H6ClN4+. The van der Waals surface area contributed by atoms with E-state index in [4.69, 9.17) is 17.3 Å². The van der Waals surface area contributed by atoms with Gasteiger partial charge in [0.15, 0.2) is 0 Å². The van der Waals surface area contributed by atoms with Crippen molar-refractivity contribution < 1.29 is 5.32 Å². The van der Waals surface area contributed by atoms with Crippen LogP contribution in [0.1, 0.15) is 5.56 Å². The Morgan fingerprint density at radius 1 is 1.45 bits per heavy atom. The molecule has 0 saturated carbocycles. The zero-order valence-electron chi connectivity index (χ0n) is 5.58. The van der Waals surface area contributed by atoms with Crippen LogP contribution in [0.4, 0.5) is 11.8 Å². The zero-order chi connectivity index (χ0) is 7.84. The maximum Gasteiger partial charge on any atom is 0.242 e. The fourth-order valence-corrected chi connectivity index (χ4v) is 1.24. The number of fused-ring (bicyclic) bond motifs is 1. The van der Waals surface area contributed by atoms with Crippen molar-refractivity contribution in [2.75, 3.05) is 5.73 Å². The van der Waals surface area contributed by atoms with Crippen molar-refractivity contribution in [2.45, 2.75) is 0 Å². The fraction of sp³-hybridized carbons (Fsp3) is 0. The molecule has 0 aromatic carbocycles. The molecular weight excluding hydrogens is 164 g/mol. The summed E-state index contributed by atoms with van der Waals surface area (Å²) < 4.78 is 0. The van der Waals surface area contributed by atoms with E-state index in [0.717, 1.165) is 11.4 Å². The lowest BCUT2D eigenvalue weighted by Gasteiger charge is -1.96. The second-order valence-corrected chi connectivity index (χ2v) is 2.56. The van der Waals surface area contributed by atoms with Crippen LogP contribution in [0.2, 0.25) is 5.15 Å². The molecule has 1 aliphatic rings. The first-order valence-electron chi connectivity index (χ1n) is 3.12. The number of aromatic nitrogens is 2. The zero-order valence-corrected chi connectivity index (χ0v) is 6.34. The molecule has 1 aromatic rings. The van der Waals surface area contributed by atoms with Crippen molar-refractivity contribution in [2.24, 2.45) is 0 Å². The van der Waals surface area contributed by atoms with Crippen molar-refractivity contribution in [3.63, 3.8) is 0 Å². The summed E-state index contributed by atoms with van der Waals surface area (Å²) in [6, 6.07) is 0. The summed E-state index contributed by atoms with van der Waals surface area (Å²) in [4.78, 5) is 7.78. The molecule has 0 aliphatic carbocycles. The Hall–Kier alpha value is -1.13. The lowest BCUT2D eigenvalue weighted by atomic mass is 10.3. The van der Waals surface area contributed by atoms with Crippen molar-refractivity contribution in [3.8, 4) is 0 Å². The highest BCUT2D eigenvalue weighted by molar-refractivity contribution is 6.31. The average molecular weight is 170 g/mol. The summed E-state index contributed by atoms with van der Waals surface area (Å²) in [7, 11) is 0. The molecule has 0 radical (unpaired) electrons. The number of rotatable bonds is 0. The molecule has 0 bridgehead atoms. The van der Waals surface area contributed by atoms with E-state index in [1.54, 1.807) is 0 Å². The molecule has 4 N–H and O–H groups in total. The molecule has 0 saturated heterocycles. The Morgan fingerprint density at radius 3 is 3.09 bits per heavy atom. The molecule has 11 heavy (non-hydrogen) atoms. The fourth-order valence-electron chi connectivity index (χ4n) is 0.992. The smallest absolute Gasteiger partial charge is 0.242 e. The molecule has 0 unspecified atom stereocenters. The van der Waals surface area contributed by atoms with Gasteiger partial charge in [-0.3, -0.25) is 5.32 Å². The third-order valence-corrected chi connectivity index (χ3v) is 1.75. The molecule has 0 spiro atoms. The molecule has 2 heterocycles. The predicted octanol–water partition coefficient (Wildman–Crippen LogP) is -0.109. The number of hydrogen-bond acceptors (Lipinski definition) is 3. The number of nitrogens with zero attached hydrogens (tertiary/aromatic N) is 2. The van der Waals surface area contributed by atoms with Crippen molar-refractivity contribution in [1.82, 2.24) is 9.97 Å². The molecule has 0 amide bonds. The monoisotopic (exact) mass is 169 g/mol. The van der Waals surface area contributed by atoms with Gasteiger partial charge < -0.3 is 5.73 Å². The van der Waals surface area contributed by atoms with E-state index in [0.29, 0.717) is 5.15 Å². The Kier molecular flexibility index (Phi) is 1.30. The highest BCUT2D eigenvalue weighted by Crippen LogP contribution is 2.21. The van der Waals surface area contributed by atoms with E-state index in [9.17, 15) is 0 Å². The quantitative estimate of drug-likeness (QED) is 0.533. The Balaban J connectivity index is 2.67. The summed E-state index contributed by atoms with van der Waals surface area (Å²) in [5.41, 5.74) is 6.23. The molecule has 56 valence electrons. The summed E-state index contributed by atoms with van der Waals surface area (Å²) in [5, 5.41) is 2.26. The Labute approximate surface area is 68.1 Å². The molecule has 5 heteroatoms. The first kappa shape index (κ1) is 6.57. The number of nitrogens with two attached hydrogens (primary N) is 2. The van der Waals surface area contributed by atoms with Crippen molar-refractivity contribution in [3.05, 3.63) is 16.9 Å². The minimum Gasteiger partial charge on any atom is -0.368 e. The van der Waals surface area contributed by atoms with Crippen LogP contribution in [-0.2, 0) is 0 Å². The third-order valence-electron chi connectivity index (χ3n) is 1.46. The van der Waals surface area contributed by atoms with Crippen LogP contribution in [0, 0.1) is 0 Å². The van der Waals surface area contributed by atoms with Crippen LogP contribution >= 0.6 is 11.6 Å². The van der Waals surface area contributed by atoms with E-state index in [2.05, 4.69) is 9.97 Å². The predicted molar refractivity (Wildman–Crippen MR) is 42.1 cm³/mol. The van der Waals surface area contributed by atoms with E-state index in [1.807, 2.05) is 17.6 Å². The van der Waals surface area contributed by atoms with E-state index < -0.39 is 0 Å². The van der Waals surface area contributed by atoms with Gasteiger partial charge in [-0.15, -0.1) is 0 Å². The Morgan fingerprint density at radius 2 is 2.27 bits per heavy atom. The number of nitrogen functional groups attached to an aromatic ring is 1. The van der Waals surface area contributed by atoms with Gasteiger partial charge in [0.1, 0.15) is 5.15 Å². The van der Waals surface area contributed by atoms with Gasteiger partial charge in [0.05, 0.1) is 11.8 Å². The van der Waals surface area contributed by atoms with Gasteiger partial charge in [-0.2, -0.15) is 4.98 Å². The highest BCUT2D eigenvalue weighted by Gasteiger charge is 2.16. The lowest BCUT2D eigenvalue weighted by Crippen LogP contribution is -2.70. The van der Waals surface area contributed by atoms with E-state index in [-0.39, 0.29) is 5.95 Å². The SMILES string of the molecule is Nc1nc(Cl)c2c(n1)[NH2+]C=C2. The molecule has 1 aliphatic heterocycles. The van der Waals surface area contributed by atoms with E-state index >= 15 is 0 Å². The summed E-state index contributed by atoms with van der Waals surface area (Å²) in [5.74, 6) is 1.01. The van der Waals surface area contributed by atoms with Gasteiger partial charge >= 0.3 is 0 Å². The summed E-state index contributed by atoms with van der Waals surface area (Å²) >= 11 is 5.77. The van der Waals surface area contributed by atoms with Crippen molar-refractivity contribution >= 4 is 29.4 Å². The summed E-state index contributed by atoms with van der Waals surface area (Å²) in [6.45, 7) is 0. The molecule has 1 aromatic heterocycles. The summed E-state index contributed by atoms with van der Waals surface area (Å²) in [6.07, 6.45) is 3.72. The first-order chi connectivity index (χ1) is 5.27. The van der Waals surface area contributed by atoms with Gasteiger partial charge in [-0.1, -0.05) is 11.6 Å². The Bertz CT molecular complexity index is 334. The van der Waals surface area contributed by atoms with Crippen LogP contribution in [0.3, 0.4) is 0 Å². The van der Waals surface area contributed by atoms with Gasteiger partial charge in [0, 0.05) is 6.08 Å². The standard InChI is InChI=1S/C6H5ClN4/c7-4-3-1-2-9-5(3)11-6(8)10-4/h1-2H,(H3,8,9,10,11)/p+1. The lowest BCUT2D eigenvalue weighted by molar-refractivity contribution is -0.495. The van der Waals surface area contributed by atoms with Crippen LogP contribution in [-0.4, -0.2) is 9.97 Å². The molecule has 2 rings (SSSR count). The van der Waals surface area contributed by atoms with Gasteiger partial charge in [-0.05, 0) is 0 Å². The minimum atomic E-state index is 0.216. The molecule has 0 atom stereocenters. The largest absolute Gasteiger partial charge is 0.368 e. The van der Waals surface area contributed by atoms with Crippen molar-refractivity contribution in [1.29, 1.82) is 0 Å². The molecule has 0 fully saturated rings. The number of hydrogen-bond donors (Lipinski definition) is 2. The third kappa shape index (κ3) is 0.961. The highest BCUT2D eigenvalue weighted by atomic mass is 35.5. The van der Waals surface area contributed by atoms with Gasteiger partial charge in [0.25, 0.3) is 0 Å². The normalized spacial score (nSPS) is 13.5. The van der Waals surface area contributed by atoms with Crippen LogP contribution in [0.15, 0.2) is 6.20 Å². The second-order valence-electron chi connectivity index (χ2n) is 2.20. The van der Waals surface area contributed by atoms with Gasteiger partial charge in [0.2, 0.25) is 11.8 Å². The molecule has 4 nitrogen and oxygen atoms in total. The van der Waals surface area contributed by atoms with Crippen LogP contribution in [0.5, 0.6) is 0 Å². The number of halogens is 1. The van der Waals surface area contributed by atoms with Crippen LogP contribution in [0.25, 0.3) is 6.08 Å². The average Bonchev–Trinajstić information content (AvgIpc) is 2.34. The van der Waals surface area contributed by atoms with Gasteiger partial charge in [-0.25, -0.2) is 4.98 Å². The maximum absolute atomic E-state index is 5.77. The number of quaternary nitrogens is 1. The first-order valence-corrected chi connectivity index (χ1v) is 3.49. The van der Waals surface area contributed by atoms with E-state index in [1.165, 1.54) is 0 Å². The van der Waals surface area contributed by atoms with Crippen LogP contribution < -0.4 is 11.1 Å². The topological polar surface area (TPSA) is 68.4 Å². The second kappa shape index (κ2) is 2.18. The minimum absolute atomic E-state index is 0.216. The number of anilines is 1. The maximum atomic E-state index is 5.77.